The molecule has 0 bridgehead atoms. The van der Waals surface area contributed by atoms with E-state index in [-0.39, 0.29) is 11.7 Å². The second-order valence-corrected chi connectivity index (χ2v) is 5.93. The lowest BCUT2D eigenvalue weighted by atomic mass is 9.93. The molecule has 1 aliphatic heterocycles. The number of hydrogen-bond donors (Lipinski definition) is 0. The Bertz CT molecular complexity index is 575. The Balaban J connectivity index is 2.03. The highest BCUT2D eigenvalue weighted by atomic mass is 16.2. The Morgan fingerprint density at radius 3 is 2.45 bits per heavy atom. The third kappa shape index (κ3) is 3.62. The number of aryl methyl sites for hydroxylation is 1. The maximum absolute atomic E-state index is 12.6. The number of amides is 1. The quantitative estimate of drug-likeness (QED) is 0.439. The Kier molecular flexibility index (Phi) is 5.47. The molecule has 1 unspecified atom stereocenters. The van der Waals surface area contributed by atoms with Gasteiger partial charge in [0.25, 0.3) is 5.91 Å². The van der Waals surface area contributed by atoms with Crippen LogP contribution in [0.1, 0.15) is 55.5 Å². The van der Waals surface area contributed by atoms with Gasteiger partial charge in [-0.3, -0.25) is 9.59 Å². The highest BCUT2D eigenvalue weighted by Crippen LogP contribution is 2.21. The van der Waals surface area contributed by atoms with Crippen molar-refractivity contribution in [1.29, 1.82) is 0 Å². The summed E-state index contributed by atoms with van der Waals surface area (Å²) in [5.41, 5.74) is 2.27. The molecule has 1 amide bonds. The Morgan fingerprint density at radius 1 is 1.14 bits per heavy atom. The predicted octanol–water partition coefficient (Wildman–Crippen LogP) is 3.59. The molecule has 22 heavy (non-hydrogen) atoms. The molecule has 4 nitrogen and oxygen atoms in total. The van der Waals surface area contributed by atoms with E-state index in [1.165, 1.54) is 5.01 Å². The normalized spacial score (nSPS) is 17.8. The van der Waals surface area contributed by atoms with Crippen LogP contribution in [-0.2, 0) is 4.79 Å². The van der Waals surface area contributed by atoms with Crippen LogP contribution in [-0.4, -0.2) is 29.0 Å². The van der Waals surface area contributed by atoms with Crippen molar-refractivity contribution in [3.05, 3.63) is 35.4 Å². The van der Waals surface area contributed by atoms with E-state index in [1.54, 1.807) is 19.1 Å². The van der Waals surface area contributed by atoms with Crippen LogP contribution < -0.4 is 0 Å². The van der Waals surface area contributed by atoms with Gasteiger partial charge in [-0.05, 0) is 20.3 Å². The first-order valence-corrected chi connectivity index (χ1v) is 8.02. The molecule has 118 valence electrons. The van der Waals surface area contributed by atoms with E-state index in [1.807, 2.05) is 19.1 Å². The van der Waals surface area contributed by atoms with Crippen LogP contribution in [0.3, 0.4) is 0 Å². The minimum Gasteiger partial charge on any atom is -0.293 e. The minimum absolute atomic E-state index is 0.151. The number of Topliss-reactive ketones (excluding diaryl/α,β-unsaturated/α-hetero) is 1. The molecule has 0 saturated carbocycles. The van der Waals surface area contributed by atoms with Crippen molar-refractivity contribution in [3.8, 4) is 0 Å². The van der Waals surface area contributed by atoms with E-state index in [2.05, 4.69) is 12.0 Å². The third-order valence-corrected chi connectivity index (χ3v) is 4.02. The third-order valence-electron chi connectivity index (χ3n) is 4.02. The lowest BCUT2D eigenvalue weighted by molar-refractivity contribution is -0.130. The van der Waals surface area contributed by atoms with Crippen LogP contribution in [0, 0.1) is 12.8 Å². The SMILES string of the molecule is CCCCCCN1N=C(C)C(C(=O)c2ccc(C)cc2)C1=O. The average Bonchev–Trinajstić information content (AvgIpc) is 2.78. The van der Waals surface area contributed by atoms with Crippen molar-refractivity contribution in [2.75, 3.05) is 6.54 Å². The predicted molar refractivity (Wildman–Crippen MR) is 88.0 cm³/mol. The molecule has 4 heteroatoms. The summed E-state index contributed by atoms with van der Waals surface area (Å²) < 4.78 is 0. The molecule has 0 spiro atoms. The molecule has 0 radical (unpaired) electrons. The van der Waals surface area contributed by atoms with Gasteiger partial charge in [0.05, 0.1) is 5.71 Å². The Hall–Kier alpha value is -1.97. The summed E-state index contributed by atoms with van der Waals surface area (Å²) in [7, 11) is 0. The number of carbonyl (C=O) groups excluding carboxylic acids is 2. The zero-order chi connectivity index (χ0) is 16.1. The molecule has 0 N–H and O–H groups in total. The molecule has 0 aromatic heterocycles. The molecule has 0 aliphatic carbocycles. The fourth-order valence-electron chi connectivity index (χ4n) is 2.66. The van der Waals surface area contributed by atoms with Gasteiger partial charge < -0.3 is 0 Å². The molecule has 2 rings (SSSR count). The van der Waals surface area contributed by atoms with Gasteiger partial charge >= 0.3 is 0 Å². The zero-order valence-electron chi connectivity index (χ0n) is 13.6. The summed E-state index contributed by atoms with van der Waals surface area (Å²) in [5, 5.41) is 5.77. The fraction of sp³-hybridized carbons (Fsp3) is 0.500. The van der Waals surface area contributed by atoms with Crippen molar-refractivity contribution >= 4 is 17.4 Å². The lowest BCUT2D eigenvalue weighted by Gasteiger charge is -2.13. The van der Waals surface area contributed by atoms with Crippen LogP contribution in [0.2, 0.25) is 0 Å². The Morgan fingerprint density at radius 2 is 1.82 bits per heavy atom. The van der Waals surface area contributed by atoms with Gasteiger partial charge in [-0.1, -0.05) is 56.0 Å². The summed E-state index contributed by atoms with van der Waals surface area (Å²) in [6.07, 6.45) is 4.34. The highest BCUT2D eigenvalue weighted by Gasteiger charge is 2.38. The topological polar surface area (TPSA) is 49.7 Å². The largest absolute Gasteiger partial charge is 0.293 e. The van der Waals surface area contributed by atoms with E-state index in [9.17, 15) is 9.59 Å². The van der Waals surface area contributed by atoms with Crippen molar-refractivity contribution in [2.24, 2.45) is 11.0 Å². The van der Waals surface area contributed by atoms with Gasteiger partial charge in [-0.2, -0.15) is 5.10 Å². The first-order valence-electron chi connectivity index (χ1n) is 8.02. The van der Waals surface area contributed by atoms with Crippen molar-refractivity contribution < 1.29 is 9.59 Å². The highest BCUT2D eigenvalue weighted by molar-refractivity contribution is 6.26. The van der Waals surface area contributed by atoms with Gasteiger partial charge in [0.1, 0.15) is 5.92 Å². The second-order valence-electron chi connectivity index (χ2n) is 5.93. The summed E-state index contributed by atoms with van der Waals surface area (Å²) in [6, 6.07) is 7.34. The van der Waals surface area contributed by atoms with Crippen LogP contribution in [0.15, 0.2) is 29.4 Å². The van der Waals surface area contributed by atoms with Crippen LogP contribution in [0.5, 0.6) is 0 Å². The number of hydrazone groups is 1. The van der Waals surface area contributed by atoms with Crippen molar-refractivity contribution in [1.82, 2.24) is 5.01 Å². The van der Waals surface area contributed by atoms with E-state index in [4.69, 9.17) is 0 Å². The summed E-state index contributed by atoms with van der Waals surface area (Å²) in [4.78, 5) is 25.0. The number of rotatable bonds is 7. The maximum Gasteiger partial charge on any atom is 0.259 e. The summed E-state index contributed by atoms with van der Waals surface area (Å²) in [6.45, 7) is 6.49. The zero-order valence-corrected chi connectivity index (χ0v) is 13.6. The molecular weight excluding hydrogens is 276 g/mol. The van der Waals surface area contributed by atoms with Crippen LogP contribution in [0.4, 0.5) is 0 Å². The van der Waals surface area contributed by atoms with Crippen molar-refractivity contribution in [3.63, 3.8) is 0 Å². The van der Waals surface area contributed by atoms with Gasteiger partial charge in [-0.25, -0.2) is 5.01 Å². The van der Waals surface area contributed by atoms with E-state index in [0.717, 1.165) is 31.2 Å². The molecule has 1 atom stereocenters. The molecule has 1 aliphatic rings. The molecule has 1 aromatic carbocycles. The number of nitrogens with zero attached hydrogens (tertiary/aromatic N) is 2. The second kappa shape index (κ2) is 7.34. The maximum atomic E-state index is 12.6. The average molecular weight is 300 g/mol. The smallest absolute Gasteiger partial charge is 0.259 e. The fourth-order valence-corrected chi connectivity index (χ4v) is 2.66. The number of carbonyl (C=O) groups is 2. The minimum atomic E-state index is -0.742. The number of hydrogen-bond acceptors (Lipinski definition) is 3. The molecule has 1 aromatic rings. The monoisotopic (exact) mass is 300 g/mol. The first-order chi connectivity index (χ1) is 10.5. The van der Waals surface area contributed by atoms with Gasteiger partial charge in [-0.15, -0.1) is 0 Å². The number of ketones is 1. The molecule has 0 fully saturated rings. The van der Waals surface area contributed by atoms with Crippen molar-refractivity contribution in [2.45, 2.75) is 46.5 Å². The van der Waals surface area contributed by atoms with E-state index < -0.39 is 5.92 Å². The first kappa shape index (κ1) is 16.4. The summed E-state index contributed by atoms with van der Waals surface area (Å²) in [5.74, 6) is -1.07. The summed E-state index contributed by atoms with van der Waals surface area (Å²) >= 11 is 0. The van der Waals surface area contributed by atoms with Crippen LogP contribution in [0.25, 0.3) is 0 Å². The standard InChI is InChI=1S/C18H24N2O2/c1-4-5-6-7-12-20-18(22)16(14(3)19-20)17(21)15-10-8-13(2)9-11-15/h8-11,16H,4-7,12H2,1-3H3. The molecular formula is C18H24N2O2. The van der Waals surface area contributed by atoms with Gasteiger partial charge in [0, 0.05) is 12.1 Å². The number of benzene rings is 1. The Labute approximate surface area is 132 Å². The van der Waals surface area contributed by atoms with E-state index >= 15 is 0 Å². The lowest BCUT2D eigenvalue weighted by Crippen LogP contribution is -2.33. The van der Waals surface area contributed by atoms with Crippen LogP contribution >= 0.6 is 0 Å². The molecule has 1 heterocycles. The molecule has 0 saturated heterocycles. The van der Waals surface area contributed by atoms with Gasteiger partial charge in [0.2, 0.25) is 0 Å². The van der Waals surface area contributed by atoms with Gasteiger partial charge in [0.15, 0.2) is 5.78 Å². The van der Waals surface area contributed by atoms with E-state index in [0.29, 0.717) is 17.8 Å². The number of unbranched alkanes of at least 4 members (excludes halogenated alkanes) is 3.